The highest BCUT2D eigenvalue weighted by molar-refractivity contribution is 6.10. The van der Waals surface area contributed by atoms with Gasteiger partial charge < -0.3 is 4.42 Å². The van der Waals surface area contributed by atoms with Crippen molar-refractivity contribution in [3.63, 3.8) is 0 Å². The molecule has 0 bridgehead atoms. The van der Waals surface area contributed by atoms with Crippen LogP contribution in [0.15, 0.2) is 47.1 Å². The number of nitrogens with one attached hydrogen (secondary N) is 1. The van der Waals surface area contributed by atoms with Crippen LogP contribution in [0.4, 0.5) is 0 Å². The molecule has 1 fully saturated rings. The van der Waals surface area contributed by atoms with E-state index in [1.54, 1.807) is 6.26 Å². The summed E-state index contributed by atoms with van der Waals surface area (Å²) in [5.74, 6) is -0.759. The van der Waals surface area contributed by atoms with Gasteiger partial charge in [0, 0.05) is 17.4 Å². The van der Waals surface area contributed by atoms with Gasteiger partial charge in [-0.15, -0.1) is 0 Å². The first-order chi connectivity index (χ1) is 10.2. The third-order valence-electron chi connectivity index (χ3n) is 4.11. The maximum absolute atomic E-state index is 12.1. The molecule has 1 aliphatic rings. The van der Waals surface area contributed by atoms with Crippen LogP contribution in [0.5, 0.6) is 0 Å². The second-order valence-corrected chi connectivity index (χ2v) is 5.35. The van der Waals surface area contributed by atoms with Crippen molar-refractivity contribution in [2.24, 2.45) is 0 Å². The van der Waals surface area contributed by atoms with E-state index < -0.39 is 0 Å². The monoisotopic (exact) mass is 279 g/mol. The normalized spacial score (nSPS) is 19.1. The van der Waals surface area contributed by atoms with Crippen LogP contribution in [-0.2, 0) is 9.59 Å². The van der Waals surface area contributed by atoms with Gasteiger partial charge in [-0.05, 0) is 23.3 Å². The van der Waals surface area contributed by atoms with Crippen molar-refractivity contribution >= 4 is 33.6 Å². The van der Waals surface area contributed by atoms with Gasteiger partial charge >= 0.3 is 0 Å². The summed E-state index contributed by atoms with van der Waals surface area (Å²) in [6, 6.07) is 12.0. The SMILES string of the molecule is O=C1CC[C@@H](c2coc3ccc4ccccc4c23)C(=O)N1. The standard InChI is InChI=1S/C17H13NO3/c19-15-8-6-12(17(20)18-15)13-9-21-14-7-5-10-3-1-2-4-11(10)16(13)14/h1-5,7,9,12H,6,8H2,(H,18,19,20)/t12-/m0/s1. The van der Waals surface area contributed by atoms with Crippen molar-refractivity contribution in [3.8, 4) is 0 Å². The van der Waals surface area contributed by atoms with Crippen molar-refractivity contribution in [2.45, 2.75) is 18.8 Å². The Balaban J connectivity index is 1.95. The van der Waals surface area contributed by atoms with E-state index in [0.717, 1.165) is 27.3 Å². The zero-order valence-corrected chi connectivity index (χ0v) is 11.3. The molecular formula is C17H13NO3. The van der Waals surface area contributed by atoms with E-state index in [1.807, 2.05) is 36.4 Å². The molecule has 2 heterocycles. The zero-order chi connectivity index (χ0) is 14.4. The number of hydrogen-bond acceptors (Lipinski definition) is 3. The van der Waals surface area contributed by atoms with Gasteiger partial charge in [0.05, 0.1) is 12.2 Å². The lowest BCUT2D eigenvalue weighted by Gasteiger charge is -2.20. The minimum atomic E-state index is -0.324. The number of carbonyl (C=O) groups excluding carboxylic acids is 2. The van der Waals surface area contributed by atoms with Gasteiger partial charge in [0.1, 0.15) is 5.58 Å². The van der Waals surface area contributed by atoms with E-state index >= 15 is 0 Å². The van der Waals surface area contributed by atoms with E-state index in [1.165, 1.54) is 0 Å². The number of imide groups is 1. The number of carbonyl (C=O) groups is 2. The van der Waals surface area contributed by atoms with Crippen LogP contribution >= 0.6 is 0 Å². The lowest BCUT2D eigenvalue weighted by molar-refractivity contribution is -0.134. The van der Waals surface area contributed by atoms with Gasteiger partial charge in [0.15, 0.2) is 0 Å². The van der Waals surface area contributed by atoms with Crippen LogP contribution in [0.3, 0.4) is 0 Å². The molecule has 2 aromatic carbocycles. The van der Waals surface area contributed by atoms with Crippen molar-refractivity contribution in [1.29, 1.82) is 0 Å². The molecule has 4 rings (SSSR count). The van der Waals surface area contributed by atoms with Crippen LogP contribution in [0.2, 0.25) is 0 Å². The Morgan fingerprint density at radius 2 is 1.95 bits per heavy atom. The molecule has 1 saturated heterocycles. The molecule has 0 radical (unpaired) electrons. The minimum absolute atomic E-state index is 0.200. The molecule has 2 amide bonds. The molecular weight excluding hydrogens is 266 g/mol. The largest absolute Gasteiger partial charge is 0.464 e. The van der Waals surface area contributed by atoms with Gasteiger partial charge in [0.25, 0.3) is 0 Å². The molecule has 1 aliphatic heterocycles. The van der Waals surface area contributed by atoms with Gasteiger partial charge in [0.2, 0.25) is 11.8 Å². The number of benzene rings is 2. The molecule has 0 unspecified atom stereocenters. The quantitative estimate of drug-likeness (QED) is 0.696. The van der Waals surface area contributed by atoms with Crippen molar-refractivity contribution in [1.82, 2.24) is 5.32 Å². The molecule has 104 valence electrons. The lowest BCUT2D eigenvalue weighted by Crippen LogP contribution is -2.39. The highest BCUT2D eigenvalue weighted by atomic mass is 16.3. The molecule has 21 heavy (non-hydrogen) atoms. The third kappa shape index (κ3) is 1.83. The zero-order valence-electron chi connectivity index (χ0n) is 11.3. The highest BCUT2D eigenvalue weighted by Crippen LogP contribution is 2.36. The summed E-state index contributed by atoms with van der Waals surface area (Å²) >= 11 is 0. The highest BCUT2D eigenvalue weighted by Gasteiger charge is 2.30. The van der Waals surface area contributed by atoms with Crippen LogP contribution in [0.1, 0.15) is 24.3 Å². The average molecular weight is 279 g/mol. The first kappa shape index (κ1) is 12.1. The third-order valence-corrected chi connectivity index (χ3v) is 4.11. The molecule has 4 heteroatoms. The summed E-state index contributed by atoms with van der Waals surface area (Å²) in [4.78, 5) is 23.4. The minimum Gasteiger partial charge on any atom is -0.464 e. The van der Waals surface area contributed by atoms with Crippen LogP contribution in [0, 0.1) is 0 Å². The molecule has 0 aliphatic carbocycles. The van der Waals surface area contributed by atoms with Crippen molar-refractivity contribution < 1.29 is 14.0 Å². The number of piperidine rings is 1. The molecule has 1 atom stereocenters. The summed E-state index contributed by atoms with van der Waals surface area (Å²) in [6.45, 7) is 0. The second kappa shape index (κ2) is 4.45. The Bertz CT molecular complexity index is 878. The second-order valence-electron chi connectivity index (χ2n) is 5.35. The Morgan fingerprint density at radius 3 is 2.81 bits per heavy atom. The molecule has 4 nitrogen and oxygen atoms in total. The average Bonchev–Trinajstić information content (AvgIpc) is 2.91. The number of hydrogen-bond donors (Lipinski definition) is 1. The fourth-order valence-electron chi connectivity index (χ4n) is 3.08. The summed E-state index contributed by atoms with van der Waals surface area (Å²) in [7, 11) is 0. The van der Waals surface area contributed by atoms with Gasteiger partial charge in [-0.25, -0.2) is 0 Å². The first-order valence-electron chi connectivity index (χ1n) is 6.96. The first-order valence-corrected chi connectivity index (χ1v) is 6.96. The molecule has 0 saturated carbocycles. The Kier molecular flexibility index (Phi) is 2.57. The predicted octanol–water partition coefficient (Wildman–Crippen LogP) is 3.11. The molecule has 1 aromatic heterocycles. The lowest BCUT2D eigenvalue weighted by atomic mass is 9.89. The molecule has 3 aromatic rings. The fourth-order valence-corrected chi connectivity index (χ4v) is 3.08. The van der Waals surface area contributed by atoms with Crippen LogP contribution in [0.25, 0.3) is 21.7 Å². The summed E-state index contributed by atoms with van der Waals surface area (Å²) in [5.41, 5.74) is 1.64. The molecule has 1 N–H and O–H groups in total. The van der Waals surface area contributed by atoms with Gasteiger partial charge in [-0.1, -0.05) is 30.3 Å². The Morgan fingerprint density at radius 1 is 1.10 bits per heavy atom. The van der Waals surface area contributed by atoms with Crippen molar-refractivity contribution in [2.75, 3.05) is 0 Å². The maximum atomic E-state index is 12.1. The van der Waals surface area contributed by atoms with E-state index in [4.69, 9.17) is 4.42 Å². The number of amides is 2. The fraction of sp³-hybridized carbons (Fsp3) is 0.176. The van der Waals surface area contributed by atoms with E-state index in [9.17, 15) is 9.59 Å². The van der Waals surface area contributed by atoms with E-state index in [0.29, 0.717) is 12.8 Å². The Hall–Kier alpha value is -2.62. The maximum Gasteiger partial charge on any atom is 0.234 e. The topological polar surface area (TPSA) is 59.3 Å². The van der Waals surface area contributed by atoms with Gasteiger partial charge in [-0.3, -0.25) is 14.9 Å². The molecule has 0 spiro atoms. The van der Waals surface area contributed by atoms with Crippen LogP contribution in [-0.4, -0.2) is 11.8 Å². The van der Waals surface area contributed by atoms with E-state index in [2.05, 4.69) is 5.32 Å². The van der Waals surface area contributed by atoms with Gasteiger partial charge in [-0.2, -0.15) is 0 Å². The summed E-state index contributed by atoms with van der Waals surface area (Å²) in [5, 5.41) is 5.57. The number of rotatable bonds is 1. The summed E-state index contributed by atoms with van der Waals surface area (Å²) < 4.78 is 5.62. The predicted molar refractivity (Wildman–Crippen MR) is 78.8 cm³/mol. The summed E-state index contributed by atoms with van der Waals surface area (Å²) in [6.07, 6.45) is 2.55. The van der Waals surface area contributed by atoms with Crippen molar-refractivity contribution in [3.05, 3.63) is 48.2 Å². The van der Waals surface area contributed by atoms with E-state index in [-0.39, 0.29) is 17.7 Å². The number of fused-ring (bicyclic) bond motifs is 3. The Labute approximate surface area is 120 Å². The smallest absolute Gasteiger partial charge is 0.234 e. The number of furan rings is 1. The van der Waals surface area contributed by atoms with Crippen LogP contribution < -0.4 is 5.32 Å².